The summed E-state index contributed by atoms with van der Waals surface area (Å²) in [4.78, 5) is 11.9. The minimum atomic E-state index is -0.495. The molecule has 124 valence electrons. The van der Waals surface area contributed by atoms with E-state index in [-0.39, 0.29) is 6.03 Å². The number of carbonyl (C=O) groups excluding carboxylic acids is 1. The third-order valence-corrected chi connectivity index (χ3v) is 4.61. The van der Waals surface area contributed by atoms with Gasteiger partial charge in [0.2, 0.25) is 0 Å². The second-order valence-electron chi connectivity index (χ2n) is 6.19. The van der Waals surface area contributed by atoms with Gasteiger partial charge in [-0.1, -0.05) is 13.8 Å². The van der Waals surface area contributed by atoms with Gasteiger partial charge in [0.05, 0.1) is 13.2 Å². The van der Waals surface area contributed by atoms with Crippen molar-refractivity contribution >= 4 is 17.4 Å². The Labute approximate surface area is 136 Å². The standard InChI is InChI=1S/C16H26N2O3S/c1-12(8-16(3)20-5-6-21-16)9-17-15(19)18-10-13(2)14-4-7-22-11-14/h4,7,11-13H,5-6,8-10H2,1-3H3,(H2,17,18,19)/t12-,13+/m0/s1. The van der Waals surface area contributed by atoms with E-state index in [1.807, 2.05) is 6.92 Å². The Kier molecular flexibility index (Phi) is 6.23. The largest absolute Gasteiger partial charge is 0.348 e. The molecule has 1 aliphatic heterocycles. The van der Waals surface area contributed by atoms with Crippen LogP contribution in [-0.4, -0.2) is 38.1 Å². The van der Waals surface area contributed by atoms with Gasteiger partial charge in [0.1, 0.15) is 0 Å². The number of hydrogen-bond acceptors (Lipinski definition) is 4. The Balaban J connectivity index is 1.62. The summed E-state index contributed by atoms with van der Waals surface area (Å²) in [7, 11) is 0. The molecule has 0 radical (unpaired) electrons. The summed E-state index contributed by atoms with van der Waals surface area (Å²) in [6.07, 6.45) is 0.776. The van der Waals surface area contributed by atoms with Crippen LogP contribution in [0.2, 0.25) is 0 Å². The number of nitrogens with one attached hydrogen (secondary N) is 2. The quantitative estimate of drug-likeness (QED) is 0.810. The van der Waals surface area contributed by atoms with Gasteiger partial charge in [-0.15, -0.1) is 0 Å². The lowest BCUT2D eigenvalue weighted by Gasteiger charge is -2.26. The van der Waals surface area contributed by atoms with Crippen molar-refractivity contribution in [2.45, 2.75) is 38.9 Å². The molecule has 0 unspecified atom stereocenters. The fourth-order valence-corrected chi connectivity index (χ4v) is 3.41. The maximum atomic E-state index is 11.9. The predicted molar refractivity (Wildman–Crippen MR) is 88.2 cm³/mol. The molecule has 1 saturated heterocycles. The monoisotopic (exact) mass is 326 g/mol. The smallest absolute Gasteiger partial charge is 0.314 e. The number of thiophene rings is 1. The molecule has 1 aromatic rings. The molecule has 0 aliphatic carbocycles. The van der Waals surface area contributed by atoms with Gasteiger partial charge in [-0.25, -0.2) is 4.79 Å². The lowest BCUT2D eigenvalue weighted by atomic mass is 10.0. The summed E-state index contributed by atoms with van der Waals surface area (Å²) < 4.78 is 11.2. The van der Waals surface area contributed by atoms with Crippen LogP contribution in [0.15, 0.2) is 16.8 Å². The molecule has 1 aromatic heterocycles. The number of carbonyl (C=O) groups is 1. The van der Waals surface area contributed by atoms with E-state index in [1.54, 1.807) is 11.3 Å². The molecule has 5 nitrogen and oxygen atoms in total. The molecule has 22 heavy (non-hydrogen) atoms. The molecule has 0 bridgehead atoms. The molecule has 2 N–H and O–H groups in total. The zero-order chi connectivity index (χ0) is 16.0. The van der Waals surface area contributed by atoms with Crippen molar-refractivity contribution in [2.75, 3.05) is 26.3 Å². The summed E-state index contributed by atoms with van der Waals surface area (Å²) in [5.74, 6) is 0.127. The van der Waals surface area contributed by atoms with E-state index in [0.717, 1.165) is 6.42 Å². The molecule has 0 saturated carbocycles. The van der Waals surface area contributed by atoms with Crippen molar-refractivity contribution in [1.29, 1.82) is 0 Å². The minimum absolute atomic E-state index is 0.118. The van der Waals surface area contributed by atoms with Crippen molar-refractivity contribution in [1.82, 2.24) is 10.6 Å². The number of urea groups is 1. The number of ether oxygens (including phenoxy) is 2. The van der Waals surface area contributed by atoms with Crippen LogP contribution in [0.5, 0.6) is 0 Å². The summed E-state index contributed by atoms with van der Waals surface area (Å²) >= 11 is 1.68. The Morgan fingerprint density at radius 3 is 2.64 bits per heavy atom. The Morgan fingerprint density at radius 1 is 1.32 bits per heavy atom. The normalized spacial score (nSPS) is 19.6. The number of rotatable bonds is 7. The molecule has 2 rings (SSSR count). The van der Waals surface area contributed by atoms with E-state index in [2.05, 4.69) is 41.3 Å². The molecule has 1 aliphatic rings. The van der Waals surface area contributed by atoms with Crippen molar-refractivity contribution < 1.29 is 14.3 Å². The lowest BCUT2D eigenvalue weighted by molar-refractivity contribution is -0.153. The Morgan fingerprint density at radius 2 is 2.00 bits per heavy atom. The molecule has 0 aromatic carbocycles. The molecular formula is C16H26N2O3S. The van der Waals surface area contributed by atoms with Crippen LogP contribution >= 0.6 is 11.3 Å². The van der Waals surface area contributed by atoms with Gasteiger partial charge >= 0.3 is 6.03 Å². The summed E-state index contributed by atoms with van der Waals surface area (Å²) in [5.41, 5.74) is 1.27. The van der Waals surface area contributed by atoms with Gasteiger partial charge < -0.3 is 20.1 Å². The van der Waals surface area contributed by atoms with Crippen LogP contribution in [0.3, 0.4) is 0 Å². The van der Waals surface area contributed by atoms with Crippen molar-refractivity contribution in [3.63, 3.8) is 0 Å². The molecule has 2 atom stereocenters. The molecular weight excluding hydrogens is 300 g/mol. The van der Waals surface area contributed by atoms with Crippen molar-refractivity contribution in [2.24, 2.45) is 5.92 Å². The van der Waals surface area contributed by atoms with Gasteiger partial charge in [-0.3, -0.25) is 0 Å². The first kappa shape index (κ1) is 17.2. The summed E-state index contributed by atoms with van der Waals surface area (Å²) in [6, 6.07) is 1.98. The van der Waals surface area contributed by atoms with Gasteiger partial charge in [-0.2, -0.15) is 11.3 Å². The zero-order valence-corrected chi connectivity index (χ0v) is 14.4. The van der Waals surface area contributed by atoms with Gasteiger partial charge in [0, 0.05) is 19.5 Å². The average molecular weight is 326 g/mol. The first-order valence-corrected chi connectivity index (χ1v) is 8.74. The van der Waals surface area contributed by atoms with Crippen LogP contribution < -0.4 is 10.6 Å². The fourth-order valence-electron chi connectivity index (χ4n) is 2.63. The minimum Gasteiger partial charge on any atom is -0.348 e. The maximum Gasteiger partial charge on any atom is 0.314 e. The topological polar surface area (TPSA) is 59.6 Å². The van der Waals surface area contributed by atoms with Crippen LogP contribution in [-0.2, 0) is 9.47 Å². The maximum absolute atomic E-state index is 11.9. The molecule has 2 amide bonds. The van der Waals surface area contributed by atoms with Crippen LogP contribution in [0.4, 0.5) is 4.79 Å². The third kappa shape index (κ3) is 5.26. The summed E-state index contributed by atoms with van der Waals surface area (Å²) in [5, 5.41) is 10.0. The lowest BCUT2D eigenvalue weighted by Crippen LogP contribution is -2.40. The van der Waals surface area contributed by atoms with Gasteiger partial charge in [0.15, 0.2) is 5.79 Å². The molecule has 1 fully saturated rings. The highest BCUT2D eigenvalue weighted by Crippen LogP contribution is 2.26. The third-order valence-electron chi connectivity index (χ3n) is 3.91. The highest BCUT2D eigenvalue weighted by atomic mass is 32.1. The predicted octanol–water partition coefficient (Wildman–Crippen LogP) is 2.94. The average Bonchev–Trinajstić information content (AvgIpc) is 3.14. The van der Waals surface area contributed by atoms with E-state index in [0.29, 0.717) is 38.1 Å². The molecule has 0 spiro atoms. The Bertz CT molecular complexity index is 458. The highest BCUT2D eigenvalue weighted by Gasteiger charge is 2.32. The second kappa shape index (κ2) is 7.94. The molecule has 2 heterocycles. The van der Waals surface area contributed by atoms with E-state index in [9.17, 15) is 4.79 Å². The van der Waals surface area contributed by atoms with E-state index >= 15 is 0 Å². The van der Waals surface area contributed by atoms with Gasteiger partial charge in [-0.05, 0) is 41.1 Å². The summed E-state index contributed by atoms with van der Waals surface area (Å²) in [6.45, 7) is 8.71. The van der Waals surface area contributed by atoms with Crippen LogP contribution in [0.1, 0.15) is 38.7 Å². The zero-order valence-electron chi connectivity index (χ0n) is 13.6. The van der Waals surface area contributed by atoms with E-state index < -0.39 is 5.79 Å². The Hall–Kier alpha value is -1.11. The molecule has 6 heteroatoms. The first-order chi connectivity index (χ1) is 10.5. The fraction of sp³-hybridized carbons (Fsp3) is 0.688. The SMILES string of the molecule is C[C@H](CNC(=O)NC[C@@H](C)c1ccsc1)CC1(C)OCCO1. The van der Waals surface area contributed by atoms with Gasteiger partial charge in [0.25, 0.3) is 0 Å². The highest BCUT2D eigenvalue weighted by molar-refractivity contribution is 7.07. The second-order valence-corrected chi connectivity index (χ2v) is 6.97. The van der Waals surface area contributed by atoms with Crippen LogP contribution in [0.25, 0.3) is 0 Å². The van der Waals surface area contributed by atoms with Crippen LogP contribution in [0, 0.1) is 5.92 Å². The van der Waals surface area contributed by atoms with E-state index in [1.165, 1.54) is 5.56 Å². The van der Waals surface area contributed by atoms with E-state index in [4.69, 9.17) is 9.47 Å². The number of hydrogen-bond donors (Lipinski definition) is 2. The first-order valence-electron chi connectivity index (χ1n) is 7.80. The number of amides is 2. The van der Waals surface area contributed by atoms with Crippen molar-refractivity contribution in [3.8, 4) is 0 Å². The van der Waals surface area contributed by atoms with Crippen molar-refractivity contribution in [3.05, 3.63) is 22.4 Å².